The maximum absolute atomic E-state index is 11.1. The van der Waals surface area contributed by atoms with Crippen molar-refractivity contribution in [1.82, 2.24) is 0 Å². The van der Waals surface area contributed by atoms with E-state index in [0.717, 1.165) is 26.9 Å². The third kappa shape index (κ3) is 2.28. The lowest BCUT2D eigenvalue weighted by molar-refractivity contribution is 0.0703. The summed E-state index contributed by atoms with van der Waals surface area (Å²) >= 11 is 4.65. The van der Waals surface area contributed by atoms with Gasteiger partial charge in [0.15, 0.2) is 0 Å². The first-order valence-electron chi connectivity index (χ1n) is 5.45. The molecule has 0 aliphatic rings. The van der Waals surface area contributed by atoms with Crippen LogP contribution in [0.1, 0.15) is 22.2 Å². The second kappa shape index (κ2) is 5.12. The van der Waals surface area contributed by atoms with E-state index < -0.39 is 5.97 Å². The number of hydrogen-bond acceptors (Lipinski definition) is 3. The molecule has 0 amide bonds. The number of halogens is 1. The van der Waals surface area contributed by atoms with E-state index in [9.17, 15) is 4.79 Å². The molecule has 0 fully saturated rings. The lowest BCUT2D eigenvalue weighted by atomic mass is 10.1. The summed E-state index contributed by atoms with van der Waals surface area (Å²) in [5.74, 6) is -0.964. The van der Waals surface area contributed by atoms with E-state index in [1.54, 1.807) is 0 Å². The average molecular weight is 326 g/mol. The van der Waals surface area contributed by atoms with Gasteiger partial charge in [0.05, 0.1) is 5.69 Å². The summed E-state index contributed by atoms with van der Waals surface area (Å²) in [5, 5.41) is 9.12. The SMILES string of the molecule is CCc1c(-c2cccc(Br)c2)sc(C(=O)O)c1N. The molecule has 0 unspecified atom stereocenters. The van der Waals surface area contributed by atoms with Crippen LogP contribution in [-0.2, 0) is 6.42 Å². The van der Waals surface area contributed by atoms with Crippen LogP contribution in [0.15, 0.2) is 28.7 Å². The normalized spacial score (nSPS) is 10.6. The van der Waals surface area contributed by atoms with Gasteiger partial charge in [0.1, 0.15) is 4.88 Å². The molecule has 1 aromatic carbocycles. The first-order chi connectivity index (χ1) is 8.54. The number of rotatable bonds is 3. The van der Waals surface area contributed by atoms with Crippen molar-refractivity contribution in [3.8, 4) is 10.4 Å². The van der Waals surface area contributed by atoms with Crippen LogP contribution in [0.2, 0.25) is 0 Å². The Kier molecular flexibility index (Phi) is 3.73. The Morgan fingerprint density at radius 2 is 2.22 bits per heavy atom. The lowest BCUT2D eigenvalue weighted by Crippen LogP contribution is -1.99. The van der Waals surface area contributed by atoms with E-state index in [4.69, 9.17) is 10.8 Å². The van der Waals surface area contributed by atoms with Crippen LogP contribution in [-0.4, -0.2) is 11.1 Å². The molecule has 18 heavy (non-hydrogen) atoms. The molecule has 0 atom stereocenters. The van der Waals surface area contributed by atoms with Gasteiger partial charge in [0.2, 0.25) is 0 Å². The van der Waals surface area contributed by atoms with Crippen molar-refractivity contribution in [3.63, 3.8) is 0 Å². The standard InChI is InChI=1S/C13H12BrNO2S/c1-2-9-10(15)12(13(16)17)18-11(9)7-4-3-5-8(14)6-7/h3-6H,2,15H2,1H3,(H,16,17). The van der Waals surface area contributed by atoms with Gasteiger partial charge in [-0.15, -0.1) is 11.3 Å². The fraction of sp³-hybridized carbons (Fsp3) is 0.154. The zero-order valence-electron chi connectivity index (χ0n) is 9.74. The van der Waals surface area contributed by atoms with Gasteiger partial charge < -0.3 is 10.8 Å². The Bertz CT molecular complexity index is 607. The molecule has 2 aromatic rings. The predicted molar refractivity (Wildman–Crippen MR) is 78.2 cm³/mol. The molecule has 5 heteroatoms. The Morgan fingerprint density at radius 3 is 2.78 bits per heavy atom. The highest BCUT2D eigenvalue weighted by atomic mass is 79.9. The topological polar surface area (TPSA) is 63.3 Å². The van der Waals surface area contributed by atoms with Gasteiger partial charge in [-0.25, -0.2) is 4.79 Å². The Hall–Kier alpha value is -1.33. The molecule has 0 saturated heterocycles. The van der Waals surface area contributed by atoms with E-state index in [2.05, 4.69) is 15.9 Å². The maximum Gasteiger partial charge on any atom is 0.348 e. The highest BCUT2D eigenvalue weighted by molar-refractivity contribution is 9.10. The minimum absolute atomic E-state index is 0.224. The number of nitrogens with two attached hydrogens (primary N) is 1. The number of carboxylic acid groups (broad SMARTS) is 1. The number of carboxylic acids is 1. The molecular weight excluding hydrogens is 314 g/mol. The highest BCUT2D eigenvalue weighted by Gasteiger charge is 2.20. The second-order valence-electron chi connectivity index (χ2n) is 3.82. The monoisotopic (exact) mass is 325 g/mol. The third-order valence-corrected chi connectivity index (χ3v) is 4.46. The van der Waals surface area contributed by atoms with Gasteiger partial charge in [-0.1, -0.05) is 35.0 Å². The number of hydrogen-bond donors (Lipinski definition) is 2. The van der Waals surface area contributed by atoms with Crippen LogP contribution in [0.25, 0.3) is 10.4 Å². The van der Waals surface area contributed by atoms with Gasteiger partial charge in [-0.2, -0.15) is 0 Å². The van der Waals surface area contributed by atoms with Gasteiger partial charge >= 0.3 is 5.97 Å². The predicted octanol–water partition coefficient (Wildman–Crippen LogP) is 4.02. The molecule has 1 heterocycles. The molecule has 3 N–H and O–H groups in total. The average Bonchev–Trinajstić information content (AvgIpc) is 2.66. The number of nitrogen functional groups attached to an aromatic ring is 1. The van der Waals surface area contributed by atoms with Crippen molar-refractivity contribution >= 4 is 38.9 Å². The van der Waals surface area contributed by atoms with Gasteiger partial charge in [0, 0.05) is 9.35 Å². The van der Waals surface area contributed by atoms with E-state index in [1.165, 1.54) is 11.3 Å². The molecule has 0 radical (unpaired) electrons. The molecule has 0 aliphatic heterocycles. The van der Waals surface area contributed by atoms with Gasteiger partial charge in [-0.3, -0.25) is 0 Å². The minimum atomic E-state index is -0.964. The van der Waals surface area contributed by atoms with E-state index in [-0.39, 0.29) is 4.88 Å². The van der Waals surface area contributed by atoms with Crippen LogP contribution in [0.3, 0.4) is 0 Å². The number of carbonyl (C=O) groups is 1. The van der Waals surface area contributed by atoms with Crippen molar-refractivity contribution in [3.05, 3.63) is 39.2 Å². The molecule has 0 saturated carbocycles. The van der Waals surface area contributed by atoms with Crippen LogP contribution in [0.4, 0.5) is 5.69 Å². The number of benzene rings is 1. The van der Waals surface area contributed by atoms with Crippen molar-refractivity contribution in [2.24, 2.45) is 0 Å². The Labute approximate surface area is 117 Å². The number of anilines is 1. The largest absolute Gasteiger partial charge is 0.477 e. The number of aromatic carboxylic acids is 1. The summed E-state index contributed by atoms with van der Waals surface area (Å²) in [6, 6.07) is 7.79. The van der Waals surface area contributed by atoms with Gasteiger partial charge in [0.25, 0.3) is 0 Å². The summed E-state index contributed by atoms with van der Waals surface area (Å²) in [7, 11) is 0. The zero-order chi connectivity index (χ0) is 13.3. The Morgan fingerprint density at radius 1 is 1.50 bits per heavy atom. The van der Waals surface area contributed by atoms with Crippen molar-refractivity contribution in [1.29, 1.82) is 0 Å². The molecule has 1 aromatic heterocycles. The maximum atomic E-state index is 11.1. The fourth-order valence-corrected chi connectivity index (χ4v) is 3.40. The molecule has 2 rings (SSSR count). The zero-order valence-corrected chi connectivity index (χ0v) is 12.1. The highest BCUT2D eigenvalue weighted by Crippen LogP contribution is 2.39. The summed E-state index contributed by atoms with van der Waals surface area (Å²) in [6.07, 6.45) is 0.720. The van der Waals surface area contributed by atoms with E-state index in [0.29, 0.717) is 5.69 Å². The quantitative estimate of drug-likeness (QED) is 0.895. The van der Waals surface area contributed by atoms with Crippen LogP contribution in [0.5, 0.6) is 0 Å². The van der Waals surface area contributed by atoms with E-state index in [1.807, 2.05) is 31.2 Å². The summed E-state index contributed by atoms with van der Waals surface area (Å²) < 4.78 is 0.964. The summed E-state index contributed by atoms with van der Waals surface area (Å²) in [6.45, 7) is 1.98. The van der Waals surface area contributed by atoms with Crippen molar-refractivity contribution in [2.75, 3.05) is 5.73 Å². The minimum Gasteiger partial charge on any atom is -0.477 e. The van der Waals surface area contributed by atoms with Crippen LogP contribution < -0.4 is 5.73 Å². The van der Waals surface area contributed by atoms with E-state index >= 15 is 0 Å². The lowest BCUT2D eigenvalue weighted by Gasteiger charge is -2.03. The molecule has 94 valence electrons. The molecule has 0 aliphatic carbocycles. The number of thiophene rings is 1. The first kappa shape index (κ1) is 13.1. The van der Waals surface area contributed by atoms with Gasteiger partial charge in [-0.05, 0) is 29.7 Å². The summed E-state index contributed by atoms with van der Waals surface area (Å²) in [5.41, 5.74) is 8.21. The fourth-order valence-electron chi connectivity index (χ4n) is 1.85. The van der Waals surface area contributed by atoms with Crippen molar-refractivity contribution in [2.45, 2.75) is 13.3 Å². The van der Waals surface area contributed by atoms with Crippen molar-refractivity contribution < 1.29 is 9.90 Å². The Balaban J connectivity index is 2.64. The molecule has 0 spiro atoms. The molecule has 0 bridgehead atoms. The molecule has 3 nitrogen and oxygen atoms in total. The molecular formula is C13H12BrNO2S. The third-order valence-electron chi connectivity index (χ3n) is 2.68. The summed E-state index contributed by atoms with van der Waals surface area (Å²) in [4.78, 5) is 12.3. The van der Waals surface area contributed by atoms with Crippen LogP contribution >= 0.6 is 27.3 Å². The first-order valence-corrected chi connectivity index (χ1v) is 7.06. The second-order valence-corrected chi connectivity index (χ2v) is 5.76. The van der Waals surface area contributed by atoms with Crippen LogP contribution in [0, 0.1) is 0 Å². The smallest absolute Gasteiger partial charge is 0.348 e.